The van der Waals surface area contributed by atoms with Crippen LogP contribution in [0.15, 0.2) is 24.3 Å². The van der Waals surface area contributed by atoms with E-state index in [9.17, 15) is 0 Å². The van der Waals surface area contributed by atoms with E-state index in [0.717, 1.165) is 13.0 Å². The summed E-state index contributed by atoms with van der Waals surface area (Å²) >= 11 is 0. The molecule has 0 radical (unpaired) electrons. The molecule has 0 spiro atoms. The van der Waals surface area contributed by atoms with Crippen LogP contribution in [0.3, 0.4) is 0 Å². The summed E-state index contributed by atoms with van der Waals surface area (Å²) in [6, 6.07) is 8.83. The maximum atomic E-state index is 6.32. The lowest BCUT2D eigenvalue weighted by Crippen LogP contribution is -2.39. The minimum absolute atomic E-state index is 0.176. The van der Waals surface area contributed by atoms with Crippen LogP contribution >= 0.6 is 0 Å². The molecule has 112 valence electrons. The smallest absolute Gasteiger partial charge is 0.0307 e. The van der Waals surface area contributed by atoms with E-state index in [4.69, 9.17) is 5.73 Å². The van der Waals surface area contributed by atoms with Gasteiger partial charge in [-0.15, -0.1) is 0 Å². The van der Waals surface area contributed by atoms with Gasteiger partial charge in [-0.1, -0.05) is 50.1 Å². The molecule has 1 saturated heterocycles. The number of hydrogen-bond donors (Lipinski definition) is 1. The van der Waals surface area contributed by atoms with Gasteiger partial charge in [0.15, 0.2) is 0 Å². The van der Waals surface area contributed by atoms with Crippen LogP contribution < -0.4 is 5.73 Å². The summed E-state index contributed by atoms with van der Waals surface area (Å²) in [5.41, 5.74) is 9.47. The maximum absolute atomic E-state index is 6.32. The average Bonchev–Trinajstić information content (AvgIpc) is 2.47. The Balaban J connectivity index is 1.77. The number of rotatable bonds is 5. The largest absolute Gasteiger partial charge is 0.324 e. The molecule has 1 aliphatic heterocycles. The van der Waals surface area contributed by atoms with Gasteiger partial charge in [0.1, 0.15) is 0 Å². The molecule has 20 heavy (non-hydrogen) atoms. The van der Waals surface area contributed by atoms with E-state index in [1.54, 1.807) is 0 Å². The third-order valence-corrected chi connectivity index (χ3v) is 5.18. The van der Waals surface area contributed by atoms with E-state index in [1.807, 2.05) is 0 Å². The zero-order valence-electron chi connectivity index (χ0n) is 13.4. The Bertz CT molecular complexity index is 402. The Kier molecular flexibility index (Phi) is 5.22. The molecular formula is C18H30N2. The van der Waals surface area contributed by atoms with Crippen molar-refractivity contribution in [1.82, 2.24) is 4.90 Å². The van der Waals surface area contributed by atoms with E-state index in [0.29, 0.717) is 5.41 Å². The van der Waals surface area contributed by atoms with Crippen LogP contribution in [0.2, 0.25) is 0 Å². The second-order valence-corrected chi connectivity index (χ2v) is 6.81. The van der Waals surface area contributed by atoms with Crippen molar-refractivity contribution in [3.8, 4) is 0 Å². The molecular weight excluding hydrogens is 244 g/mol. The van der Waals surface area contributed by atoms with Crippen LogP contribution in [0.1, 0.15) is 56.7 Å². The summed E-state index contributed by atoms with van der Waals surface area (Å²) in [6.07, 6.45) is 5.04. The molecule has 2 rings (SSSR count). The maximum Gasteiger partial charge on any atom is 0.0307 e. The third-order valence-electron chi connectivity index (χ3n) is 5.18. The van der Waals surface area contributed by atoms with E-state index in [1.165, 1.54) is 43.5 Å². The number of benzene rings is 1. The minimum Gasteiger partial charge on any atom is -0.324 e. The van der Waals surface area contributed by atoms with Gasteiger partial charge in [-0.2, -0.15) is 0 Å². The molecule has 0 aromatic heterocycles. The highest BCUT2D eigenvalue weighted by molar-refractivity contribution is 5.23. The normalized spacial score (nSPS) is 20.8. The van der Waals surface area contributed by atoms with Crippen molar-refractivity contribution in [3.63, 3.8) is 0 Å². The second kappa shape index (κ2) is 6.73. The summed E-state index contributed by atoms with van der Waals surface area (Å²) in [5, 5.41) is 0. The van der Waals surface area contributed by atoms with Gasteiger partial charge in [0, 0.05) is 6.04 Å². The Morgan fingerprint density at radius 2 is 1.80 bits per heavy atom. The van der Waals surface area contributed by atoms with E-state index < -0.39 is 0 Å². The van der Waals surface area contributed by atoms with Crippen LogP contribution in [0.4, 0.5) is 0 Å². The predicted molar refractivity (Wildman–Crippen MR) is 86.8 cm³/mol. The molecule has 1 heterocycles. The van der Waals surface area contributed by atoms with Crippen LogP contribution in [0.25, 0.3) is 0 Å². The zero-order valence-corrected chi connectivity index (χ0v) is 13.4. The molecule has 0 aliphatic carbocycles. The first kappa shape index (κ1) is 15.5. The van der Waals surface area contributed by atoms with Crippen molar-refractivity contribution in [2.24, 2.45) is 11.1 Å². The molecule has 1 fully saturated rings. The van der Waals surface area contributed by atoms with Gasteiger partial charge in [-0.25, -0.2) is 0 Å². The van der Waals surface area contributed by atoms with Gasteiger partial charge in [-0.3, -0.25) is 0 Å². The van der Waals surface area contributed by atoms with Crippen molar-refractivity contribution in [2.75, 3.05) is 19.6 Å². The Labute approximate surface area is 124 Å². The Morgan fingerprint density at radius 1 is 1.20 bits per heavy atom. The topological polar surface area (TPSA) is 29.3 Å². The van der Waals surface area contributed by atoms with Crippen molar-refractivity contribution in [2.45, 2.75) is 52.5 Å². The van der Waals surface area contributed by atoms with Gasteiger partial charge in [-0.05, 0) is 56.8 Å². The summed E-state index contributed by atoms with van der Waals surface area (Å²) in [5.74, 6) is 0. The average molecular weight is 274 g/mol. The van der Waals surface area contributed by atoms with E-state index in [2.05, 4.69) is 49.9 Å². The monoisotopic (exact) mass is 274 g/mol. The van der Waals surface area contributed by atoms with Gasteiger partial charge in [0.25, 0.3) is 0 Å². The fraction of sp³-hybridized carbons (Fsp3) is 0.667. The van der Waals surface area contributed by atoms with Gasteiger partial charge in [0.2, 0.25) is 0 Å². The van der Waals surface area contributed by atoms with Crippen molar-refractivity contribution in [1.29, 1.82) is 0 Å². The predicted octanol–water partition coefficient (Wildman–Crippen LogP) is 3.90. The number of hydrogen-bond acceptors (Lipinski definition) is 2. The van der Waals surface area contributed by atoms with Crippen LogP contribution in [0.5, 0.6) is 0 Å². The first-order chi connectivity index (χ1) is 9.52. The van der Waals surface area contributed by atoms with Gasteiger partial charge < -0.3 is 10.6 Å². The molecule has 2 nitrogen and oxygen atoms in total. The number of nitrogens with zero attached hydrogens (tertiary/aromatic N) is 1. The molecule has 1 aromatic carbocycles. The van der Waals surface area contributed by atoms with Crippen molar-refractivity contribution < 1.29 is 0 Å². The van der Waals surface area contributed by atoms with Gasteiger partial charge in [0.05, 0.1) is 0 Å². The highest BCUT2D eigenvalue weighted by atomic mass is 15.1. The molecule has 2 heteroatoms. The molecule has 0 amide bonds. The fourth-order valence-corrected chi connectivity index (χ4v) is 2.97. The standard InChI is InChI=1S/C18H30N2/c1-4-18(3)10-13-20(14-11-18)12-9-17(19)16-7-5-15(2)6-8-16/h5-8,17H,4,9-14,19H2,1-3H3. The van der Waals surface area contributed by atoms with Crippen LogP contribution in [0, 0.1) is 12.3 Å². The van der Waals surface area contributed by atoms with Crippen LogP contribution in [-0.2, 0) is 0 Å². The number of piperidine rings is 1. The summed E-state index contributed by atoms with van der Waals surface area (Å²) in [7, 11) is 0. The first-order valence-corrected chi connectivity index (χ1v) is 8.07. The molecule has 0 saturated carbocycles. The number of nitrogens with two attached hydrogens (primary N) is 1. The lowest BCUT2D eigenvalue weighted by atomic mass is 9.78. The van der Waals surface area contributed by atoms with Gasteiger partial charge >= 0.3 is 0 Å². The molecule has 0 bridgehead atoms. The number of likely N-dealkylation sites (tertiary alicyclic amines) is 1. The summed E-state index contributed by atoms with van der Waals surface area (Å²) < 4.78 is 0. The third kappa shape index (κ3) is 4.07. The molecule has 1 unspecified atom stereocenters. The second-order valence-electron chi connectivity index (χ2n) is 6.81. The molecule has 1 aromatic rings. The highest BCUT2D eigenvalue weighted by Gasteiger charge is 2.28. The molecule has 2 N–H and O–H groups in total. The Hall–Kier alpha value is -0.860. The van der Waals surface area contributed by atoms with E-state index in [-0.39, 0.29) is 6.04 Å². The van der Waals surface area contributed by atoms with E-state index >= 15 is 0 Å². The molecule has 1 aliphatic rings. The fourth-order valence-electron chi connectivity index (χ4n) is 2.97. The first-order valence-electron chi connectivity index (χ1n) is 8.07. The summed E-state index contributed by atoms with van der Waals surface area (Å²) in [4.78, 5) is 2.59. The van der Waals surface area contributed by atoms with Crippen molar-refractivity contribution in [3.05, 3.63) is 35.4 Å². The molecule has 1 atom stereocenters. The Morgan fingerprint density at radius 3 is 2.35 bits per heavy atom. The quantitative estimate of drug-likeness (QED) is 0.882. The minimum atomic E-state index is 0.176. The highest BCUT2D eigenvalue weighted by Crippen LogP contribution is 2.34. The lowest BCUT2D eigenvalue weighted by molar-refractivity contribution is 0.112. The van der Waals surface area contributed by atoms with Crippen LogP contribution in [-0.4, -0.2) is 24.5 Å². The zero-order chi connectivity index (χ0) is 14.6. The SMILES string of the molecule is CCC1(C)CCN(CCC(N)c2ccc(C)cc2)CC1. The number of aryl methyl sites for hydroxylation is 1. The lowest BCUT2D eigenvalue weighted by Gasteiger charge is -2.39. The van der Waals surface area contributed by atoms with Crippen molar-refractivity contribution >= 4 is 0 Å². The summed E-state index contributed by atoms with van der Waals surface area (Å²) in [6.45, 7) is 10.5.